The third-order valence-electron chi connectivity index (χ3n) is 1.42. The van der Waals surface area contributed by atoms with Crippen LogP contribution in [0.15, 0.2) is 0 Å². The van der Waals surface area contributed by atoms with Gasteiger partial charge in [-0.1, -0.05) is 36.2 Å². The molecule has 0 saturated carbocycles. The quantitative estimate of drug-likeness (QED) is 0.626. The topological polar surface area (TPSA) is 17.1 Å². The molecule has 0 aliphatic carbocycles. The second-order valence-electron chi connectivity index (χ2n) is 2.39. The van der Waals surface area contributed by atoms with Gasteiger partial charge < -0.3 is 0 Å². The summed E-state index contributed by atoms with van der Waals surface area (Å²) in [6.45, 7) is 4.20. The number of Topliss-reactive ketones (excluding diaryl/α,β-unsaturated/α-hetero) is 1. The van der Waals surface area contributed by atoms with Crippen LogP contribution < -0.4 is 0 Å². The van der Waals surface area contributed by atoms with Crippen LogP contribution in [0.3, 0.4) is 0 Å². The standard InChI is InChI=1S/C7H13BrO/c1-3-6(2)4-7(9)5-8/h6H,3-5H2,1-2H3. The van der Waals surface area contributed by atoms with Crippen LogP contribution in [-0.2, 0) is 4.79 Å². The first-order valence-electron chi connectivity index (χ1n) is 3.28. The first-order valence-corrected chi connectivity index (χ1v) is 4.40. The summed E-state index contributed by atoms with van der Waals surface area (Å²) in [6, 6.07) is 0. The summed E-state index contributed by atoms with van der Waals surface area (Å²) in [5.41, 5.74) is 0. The fourth-order valence-electron chi connectivity index (χ4n) is 0.588. The molecule has 0 amide bonds. The van der Waals surface area contributed by atoms with Crippen LogP contribution in [0.2, 0.25) is 0 Å². The summed E-state index contributed by atoms with van der Waals surface area (Å²) < 4.78 is 0. The number of carbonyl (C=O) groups is 1. The molecule has 0 N–H and O–H groups in total. The molecule has 1 nitrogen and oxygen atoms in total. The predicted octanol–water partition coefficient (Wildman–Crippen LogP) is 2.39. The highest BCUT2D eigenvalue weighted by Crippen LogP contribution is 2.07. The lowest BCUT2D eigenvalue weighted by Gasteiger charge is -2.03. The molecule has 0 rings (SSSR count). The molecule has 0 aromatic heterocycles. The van der Waals surface area contributed by atoms with Crippen LogP contribution >= 0.6 is 15.9 Å². The van der Waals surface area contributed by atoms with Gasteiger partial charge >= 0.3 is 0 Å². The summed E-state index contributed by atoms with van der Waals surface area (Å²) in [7, 11) is 0. The summed E-state index contributed by atoms with van der Waals surface area (Å²) >= 11 is 3.12. The van der Waals surface area contributed by atoms with Crippen LogP contribution in [0.1, 0.15) is 26.7 Å². The lowest BCUT2D eigenvalue weighted by molar-refractivity contribution is -0.117. The van der Waals surface area contributed by atoms with Gasteiger partial charge in [-0.05, 0) is 5.92 Å². The van der Waals surface area contributed by atoms with E-state index in [0.29, 0.717) is 17.0 Å². The van der Waals surface area contributed by atoms with Crippen molar-refractivity contribution in [1.29, 1.82) is 0 Å². The number of hydrogen-bond acceptors (Lipinski definition) is 1. The van der Waals surface area contributed by atoms with Crippen LogP contribution in [0.25, 0.3) is 0 Å². The van der Waals surface area contributed by atoms with Crippen molar-refractivity contribution in [3.05, 3.63) is 0 Å². The van der Waals surface area contributed by atoms with E-state index >= 15 is 0 Å². The summed E-state index contributed by atoms with van der Waals surface area (Å²) in [6.07, 6.45) is 1.82. The van der Waals surface area contributed by atoms with Gasteiger partial charge in [-0.15, -0.1) is 0 Å². The minimum atomic E-state index is 0.310. The Bertz CT molecular complexity index is 90.9. The molecule has 1 atom stereocenters. The zero-order valence-electron chi connectivity index (χ0n) is 5.98. The lowest BCUT2D eigenvalue weighted by atomic mass is 10.0. The molecule has 2 heteroatoms. The van der Waals surface area contributed by atoms with E-state index < -0.39 is 0 Å². The van der Waals surface area contributed by atoms with Crippen LogP contribution in [0.4, 0.5) is 0 Å². The van der Waals surface area contributed by atoms with Crippen molar-refractivity contribution in [2.75, 3.05) is 5.33 Å². The summed E-state index contributed by atoms with van der Waals surface area (Å²) in [4.78, 5) is 10.7. The van der Waals surface area contributed by atoms with Gasteiger partial charge in [0.2, 0.25) is 0 Å². The predicted molar refractivity (Wildman–Crippen MR) is 42.9 cm³/mol. The second-order valence-corrected chi connectivity index (χ2v) is 2.95. The van der Waals surface area contributed by atoms with Crippen molar-refractivity contribution in [2.45, 2.75) is 26.7 Å². The molecule has 0 aromatic carbocycles. The van der Waals surface area contributed by atoms with Crippen molar-refractivity contribution in [3.63, 3.8) is 0 Å². The van der Waals surface area contributed by atoms with E-state index in [-0.39, 0.29) is 0 Å². The second kappa shape index (κ2) is 4.98. The zero-order valence-corrected chi connectivity index (χ0v) is 7.57. The minimum absolute atomic E-state index is 0.310. The maximum absolute atomic E-state index is 10.7. The fraction of sp³-hybridized carbons (Fsp3) is 0.857. The van der Waals surface area contributed by atoms with Gasteiger partial charge in [0, 0.05) is 6.42 Å². The monoisotopic (exact) mass is 192 g/mol. The maximum Gasteiger partial charge on any atom is 0.143 e. The van der Waals surface area contributed by atoms with E-state index in [4.69, 9.17) is 0 Å². The smallest absolute Gasteiger partial charge is 0.143 e. The van der Waals surface area contributed by atoms with E-state index in [2.05, 4.69) is 29.8 Å². The molecule has 0 radical (unpaired) electrons. The van der Waals surface area contributed by atoms with Gasteiger partial charge in [-0.25, -0.2) is 0 Å². The Morgan fingerprint density at radius 3 is 2.56 bits per heavy atom. The normalized spacial score (nSPS) is 13.2. The minimum Gasteiger partial charge on any atom is -0.299 e. The lowest BCUT2D eigenvalue weighted by Crippen LogP contribution is -2.04. The van der Waals surface area contributed by atoms with Gasteiger partial charge in [0.15, 0.2) is 0 Å². The van der Waals surface area contributed by atoms with Gasteiger partial charge in [0.1, 0.15) is 5.78 Å². The van der Waals surface area contributed by atoms with E-state index in [1.807, 2.05) is 0 Å². The SMILES string of the molecule is CCC(C)CC(=O)CBr. The van der Waals surface area contributed by atoms with Crippen LogP contribution in [-0.4, -0.2) is 11.1 Å². The molecular weight excluding hydrogens is 180 g/mol. The molecular formula is C7H13BrO. The van der Waals surface area contributed by atoms with Crippen LogP contribution in [0, 0.1) is 5.92 Å². The highest BCUT2D eigenvalue weighted by Gasteiger charge is 2.04. The van der Waals surface area contributed by atoms with Crippen molar-refractivity contribution >= 4 is 21.7 Å². The Morgan fingerprint density at radius 2 is 2.22 bits per heavy atom. The summed E-state index contributed by atoms with van der Waals surface area (Å²) in [5, 5.41) is 0.511. The Kier molecular flexibility index (Phi) is 5.06. The van der Waals surface area contributed by atoms with E-state index in [0.717, 1.165) is 12.8 Å². The molecule has 0 spiro atoms. The fourth-order valence-corrected chi connectivity index (χ4v) is 0.816. The van der Waals surface area contributed by atoms with E-state index in [9.17, 15) is 4.79 Å². The number of rotatable bonds is 4. The first-order chi connectivity index (χ1) is 4.20. The maximum atomic E-state index is 10.7. The molecule has 54 valence electrons. The average Bonchev–Trinajstić information content (AvgIpc) is 1.87. The molecule has 0 aromatic rings. The number of halogens is 1. The number of ketones is 1. The third-order valence-corrected chi connectivity index (χ3v) is 2.05. The van der Waals surface area contributed by atoms with Crippen LogP contribution in [0.5, 0.6) is 0 Å². The van der Waals surface area contributed by atoms with Gasteiger partial charge in [-0.3, -0.25) is 4.79 Å². The molecule has 0 heterocycles. The molecule has 0 fully saturated rings. The van der Waals surface area contributed by atoms with Crippen molar-refractivity contribution in [2.24, 2.45) is 5.92 Å². The molecule has 9 heavy (non-hydrogen) atoms. The highest BCUT2D eigenvalue weighted by atomic mass is 79.9. The number of carbonyl (C=O) groups excluding carboxylic acids is 1. The Morgan fingerprint density at radius 1 is 1.67 bits per heavy atom. The zero-order chi connectivity index (χ0) is 7.28. The molecule has 0 aliphatic heterocycles. The van der Waals surface area contributed by atoms with Crippen molar-refractivity contribution in [3.8, 4) is 0 Å². The molecule has 0 bridgehead atoms. The van der Waals surface area contributed by atoms with Gasteiger partial charge in [0.25, 0.3) is 0 Å². The average molecular weight is 193 g/mol. The molecule has 1 unspecified atom stereocenters. The summed E-state index contributed by atoms with van der Waals surface area (Å²) in [5.74, 6) is 0.861. The highest BCUT2D eigenvalue weighted by molar-refractivity contribution is 9.09. The Balaban J connectivity index is 3.34. The molecule has 0 saturated heterocycles. The van der Waals surface area contributed by atoms with E-state index in [1.54, 1.807) is 0 Å². The number of alkyl halides is 1. The number of hydrogen-bond donors (Lipinski definition) is 0. The van der Waals surface area contributed by atoms with Crippen molar-refractivity contribution < 1.29 is 4.79 Å². The largest absolute Gasteiger partial charge is 0.299 e. The van der Waals surface area contributed by atoms with E-state index in [1.165, 1.54) is 0 Å². The van der Waals surface area contributed by atoms with Gasteiger partial charge in [-0.2, -0.15) is 0 Å². The Labute approximate surface area is 65.0 Å². The third kappa shape index (κ3) is 4.64. The van der Waals surface area contributed by atoms with Crippen molar-refractivity contribution in [1.82, 2.24) is 0 Å². The Hall–Kier alpha value is 0.150. The molecule has 0 aliphatic rings. The van der Waals surface area contributed by atoms with Gasteiger partial charge in [0.05, 0.1) is 5.33 Å². The first kappa shape index (κ1) is 9.15.